The van der Waals surface area contributed by atoms with Crippen LogP contribution >= 0.6 is 0 Å². The lowest BCUT2D eigenvalue weighted by Gasteiger charge is -2.42. The van der Waals surface area contributed by atoms with Crippen molar-refractivity contribution in [3.63, 3.8) is 0 Å². The molecule has 0 aromatic carbocycles. The summed E-state index contributed by atoms with van der Waals surface area (Å²) >= 11 is 0. The van der Waals surface area contributed by atoms with Crippen LogP contribution in [0.2, 0.25) is 0 Å². The molecule has 2 aliphatic carbocycles. The molecule has 0 amide bonds. The van der Waals surface area contributed by atoms with E-state index in [9.17, 15) is 0 Å². The van der Waals surface area contributed by atoms with Crippen LogP contribution in [0.4, 0.5) is 0 Å². The Bertz CT molecular complexity index is 257. The van der Waals surface area contributed by atoms with Crippen LogP contribution in [0, 0.1) is 23.2 Å². The number of hydrogen-bond acceptors (Lipinski definition) is 1. The molecule has 100 valence electrons. The van der Waals surface area contributed by atoms with Gasteiger partial charge >= 0.3 is 0 Å². The first-order chi connectivity index (χ1) is 7.77. The Hall–Kier alpha value is -0.0400. The molecule has 1 N–H and O–H groups in total. The molecule has 0 bridgehead atoms. The van der Waals surface area contributed by atoms with Gasteiger partial charge in [-0.25, -0.2) is 0 Å². The second-order valence-corrected chi connectivity index (χ2v) is 8.30. The van der Waals surface area contributed by atoms with Gasteiger partial charge in [0, 0.05) is 5.54 Å². The van der Waals surface area contributed by atoms with Crippen molar-refractivity contribution in [1.82, 2.24) is 5.32 Å². The molecule has 0 saturated heterocycles. The smallest absolute Gasteiger partial charge is 0.00966 e. The van der Waals surface area contributed by atoms with Crippen LogP contribution < -0.4 is 5.32 Å². The highest BCUT2D eigenvalue weighted by molar-refractivity contribution is 4.94. The maximum Gasteiger partial charge on any atom is 0.00966 e. The van der Waals surface area contributed by atoms with Crippen molar-refractivity contribution < 1.29 is 0 Å². The Morgan fingerprint density at radius 3 is 2.29 bits per heavy atom. The second-order valence-electron chi connectivity index (χ2n) is 8.30. The number of rotatable bonds is 3. The van der Waals surface area contributed by atoms with Gasteiger partial charge in [-0.3, -0.25) is 0 Å². The van der Waals surface area contributed by atoms with Gasteiger partial charge in [0.15, 0.2) is 0 Å². The molecule has 2 saturated carbocycles. The molecule has 2 aliphatic rings. The molecular formula is C16H31N. The van der Waals surface area contributed by atoms with Crippen molar-refractivity contribution in [2.45, 2.75) is 72.3 Å². The zero-order valence-electron chi connectivity index (χ0n) is 12.5. The molecular weight excluding hydrogens is 206 g/mol. The van der Waals surface area contributed by atoms with Crippen molar-refractivity contribution >= 4 is 0 Å². The summed E-state index contributed by atoms with van der Waals surface area (Å²) in [5.41, 5.74) is 0.882. The fraction of sp³-hybridized carbons (Fsp3) is 1.00. The first kappa shape index (κ1) is 13.4. The first-order valence-electron chi connectivity index (χ1n) is 7.52. The molecule has 1 heteroatoms. The number of nitrogens with one attached hydrogen (secondary N) is 1. The molecule has 0 aromatic rings. The SMILES string of the molecule is CC1(C)CCC(CNC(C)(C)C)C(C2CC2)C1. The lowest BCUT2D eigenvalue weighted by Crippen LogP contribution is -2.43. The third-order valence-electron chi connectivity index (χ3n) is 4.71. The summed E-state index contributed by atoms with van der Waals surface area (Å²) in [5.74, 6) is 3.02. The lowest BCUT2D eigenvalue weighted by molar-refractivity contribution is 0.0967. The van der Waals surface area contributed by atoms with Crippen LogP contribution in [0.25, 0.3) is 0 Å². The fourth-order valence-corrected chi connectivity index (χ4v) is 3.46. The molecule has 0 aliphatic heterocycles. The van der Waals surface area contributed by atoms with E-state index in [-0.39, 0.29) is 5.54 Å². The van der Waals surface area contributed by atoms with Crippen molar-refractivity contribution in [2.24, 2.45) is 23.2 Å². The summed E-state index contributed by atoms with van der Waals surface area (Å²) in [4.78, 5) is 0. The summed E-state index contributed by atoms with van der Waals surface area (Å²) in [7, 11) is 0. The predicted molar refractivity (Wildman–Crippen MR) is 75.1 cm³/mol. The van der Waals surface area contributed by atoms with Crippen molar-refractivity contribution in [1.29, 1.82) is 0 Å². The molecule has 2 atom stereocenters. The van der Waals surface area contributed by atoms with E-state index in [1.165, 1.54) is 38.6 Å². The maximum absolute atomic E-state index is 3.73. The van der Waals surface area contributed by atoms with E-state index in [0.717, 1.165) is 17.8 Å². The van der Waals surface area contributed by atoms with E-state index in [1.54, 1.807) is 0 Å². The molecule has 0 aromatic heterocycles. The van der Waals surface area contributed by atoms with E-state index in [0.29, 0.717) is 5.41 Å². The number of hydrogen-bond donors (Lipinski definition) is 1. The normalized spacial score (nSPS) is 33.7. The average molecular weight is 237 g/mol. The van der Waals surface area contributed by atoms with Gasteiger partial charge in [0.05, 0.1) is 0 Å². The lowest BCUT2D eigenvalue weighted by atomic mass is 9.65. The third-order valence-corrected chi connectivity index (χ3v) is 4.71. The van der Waals surface area contributed by atoms with Crippen molar-refractivity contribution in [2.75, 3.05) is 6.54 Å². The summed E-state index contributed by atoms with van der Waals surface area (Å²) in [6.45, 7) is 13.0. The summed E-state index contributed by atoms with van der Waals surface area (Å²) < 4.78 is 0. The van der Waals surface area contributed by atoms with Gasteiger partial charge in [-0.05, 0) is 82.6 Å². The van der Waals surface area contributed by atoms with E-state index in [2.05, 4.69) is 39.9 Å². The Morgan fingerprint density at radius 2 is 1.76 bits per heavy atom. The van der Waals surface area contributed by atoms with Gasteiger partial charge in [-0.2, -0.15) is 0 Å². The topological polar surface area (TPSA) is 12.0 Å². The maximum atomic E-state index is 3.73. The summed E-state index contributed by atoms with van der Waals surface area (Å²) in [5, 5.41) is 3.73. The summed E-state index contributed by atoms with van der Waals surface area (Å²) in [6, 6.07) is 0. The largest absolute Gasteiger partial charge is 0.312 e. The average Bonchev–Trinajstić information content (AvgIpc) is 2.96. The van der Waals surface area contributed by atoms with Gasteiger partial charge in [0.2, 0.25) is 0 Å². The molecule has 0 radical (unpaired) electrons. The highest BCUT2D eigenvalue weighted by atomic mass is 14.9. The predicted octanol–water partition coefficient (Wildman–Crippen LogP) is 4.23. The van der Waals surface area contributed by atoms with E-state index >= 15 is 0 Å². The van der Waals surface area contributed by atoms with Crippen LogP contribution in [0.15, 0.2) is 0 Å². The Morgan fingerprint density at radius 1 is 1.12 bits per heavy atom. The minimum atomic E-state index is 0.279. The third kappa shape index (κ3) is 3.98. The monoisotopic (exact) mass is 237 g/mol. The van der Waals surface area contributed by atoms with Gasteiger partial charge in [-0.1, -0.05) is 13.8 Å². The minimum absolute atomic E-state index is 0.279. The molecule has 17 heavy (non-hydrogen) atoms. The molecule has 0 heterocycles. The summed E-state index contributed by atoms with van der Waals surface area (Å²) in [6.07, 6.45) is 7.34. The van der Waals surface area contributed by atoms with Crippen LogP contribution in [0.5, 0.6) is 0 Å². The van der Waals surface area contributed by atoms with Crippen LogP contribution in [-0.2, 0) is 0 Å². The standard InChI is InChI=1S/C16H31N/c1-15(2,3)17-11-13-8-9-16(4,5)10-14(13)12-6-7-12/h12-14,17H,6-11H2,1-5H3. The van der Waals surface area contributed by atoms with Crippen LogP contribution in [-0.4, -0.2) is 12.1 Å². The van der Waals surface area contributed by atoms with Gasteiger partial charge in [0.25, 0.3) is 0 Å². The van der Waals surface area contributed by atoms with Gasteiger partial charge < -0.3 is 5.32 Å². The molecule has 0 spiro atoms. The molecule has 2 rings (SSSR count). The van der Waals surface area contributed by atoms with Crippen LogP contribution in [0.3, 0.4) is 0 Å². The van der Waals surface area contributed by atoms with E-state index in [1.807, 2.05) is 0 Å². The van der Waals surface area contributed by atoms with E-state index < -0.39 is 0 Å². The minimum Gasteiger partial charge on any atom is -0.312 e. The van der Waals surface area contributed by atoms with Gasteiger partial charge in [-0.15, -0.1) is 0 Å². The first-order valence-corrected chi connectivity index (χ1v) is 7.52. The molecule has 2 unspecified atom stereocenters. The van der Waals surface area contributed by atoms with E-state index in [4.69, 9.17) is 0 Å². The Balaban J connectivity index is 1.91. The van der Waals surface area contributed by atoms with Crippen LogP contribution in [0.1, 0.15) is 66.7 Å². The highest BCUT2D eigenvalue weighted by Crippen LogP contribution is 2.51. The second kappa shape index (κ2) is 4.57. The zero-order valence-corrected chi connectivity index (χ0v) is 12.5. The van der Waals surface area contributed by atoms with Crippen molar-refractivity contribution in [3.05, 3.63) is 0 Å². The Labute approximate surface area is 108 Å². The quantitative estimate of drug-likeness (QED) is 0.774. The zero-order chi connectivity index (χ0) is 12.7. The highest BCUT2D eigenvalue weighted by Gasteiger charge is 2.42. The fourth-order valence-electron chi connectivity index (χ4n) is 3.46. The molecule has 2 fully saturated rings. The molecule has 1 nitrogen and oxygen atoms in total. The Kier molecular flexibility index (Phi) is 3.60. The van der Waals surface area contributed by atoms with Crippen molar-refractivity contribution in [3.8, 4) is 0 Å². The van der Waals surface area contributed by atoms with Gasteiger partial charge in [0.1, 0.15) is 0 Å².